The van der Waals surface area contributed by atoms with Gasteiger partial charge in [0.2, 0.25) is 5.91 Å². The van der Waals surface area contributed by atoms with Crippen molar-refractivity contribution in [2.24, 2.45) is 0 Å². The molecule has 144 valence electrons. The molecule has 2 aliphatic rings. The molecular weight excluding hydrogens is 330 g/mol. The number of aliphatic hydroxyl groups is 1. The molecule has 2 heterocycles. The average Bonchev–Trinajstić information content (AvgIpc) is 3.04. The second-order valence-electron chi connectivity index (χ2n) is 6.72. The molecule has 5 atom stereocenters. The van der Waals surface area contributed by atoms with Gasteiger partial charge in [-0.15, -0.1) is 0 Å². The maximum atomic E-state index is 11.8. The van der Waals surface area contributed by atoms with Crippen LogP contribution in [-0.4, -0.2) is 80.4 Å². The maximum Gasteiger partial charge on any atom is 0.314 e. The van der Waals surface area contributed by atoms with Crippen LogP contribution in [0.15, 0.2) is 0 Å². The monoisotopic (exact) mass is 359 g/mol. The van der Waals surface area contributed by atoms with E-state index in [1.54, 1.807) is 7.11 Å². The van der Waals surface area contributed by atoms with E-state index < -0.39 is 18.3 Å². The molecule has 9 heteroatoms. The van der Waals surface area contributed by atoms with Crippen LogP contribution in [0.5, 0.6) is 0 Å². The molecule has 2 saturated heterocycles. The zero-order valence-corrected chi connectivity index (χ0v) is 15.0. The van der Waals surface area contributed by atoms with Gasteiger partial charge < -0.3 is 35.3 Å². The van der Waals surface area contributed by atoms with Crippen LogP contribution in [0.4, 0.5) is 4.79 Å². The first-order chi connectivity index (χ1) is 11.9. The smallest absolute Gasteiger partial charge is 0.314 e. The minimum atomic E-state index is -0.831. The summed E-state index contributed by atoms with van der Waals surface area (Å²) in [5, 5.41) is 18.5. The molecule has 5 unspecified atom stereocenters. The van der Waals surface area contributed by atoms with Crippen LogP contribution in [0.3, 0.4) is 0 Å². The first-order valence-corrected chi connectivity index (χ1v) is 8.69. The molecule has 3 amide bonds. The van der Waals surface area contributed by atoms with E-state index in [9.17, 15) is 14.7 Å². The molecule has 4 N–H and O–H groups in total. The number of hydrogen-bond acceptors (Lipinski definition) is 6. The molecule has 0 radical (unpaired) electrons. The Morgan fingerprint density at radius 1 is 1.28 bits per heavy atom. The average molecular weight is 359 g/mol. The minimum Gasteiger partial charge on any atom is -0.388 e. The number of carbonyl (C=O) groups excluding carboxylic acids is 2. The summed E-state index contributed by atoms with van der Waals surface area (Å²) >= 11 is 0. The van der Waals surface area contributed by atoms with Crippen molar-refractivity contribution >= 4 is 11.9 Å². The summed E-state index contributed by atoms with van der Waals surface area (Å²) in [6.45, 7) is 4.83. The van der Waals surface area contributed by atoms with Gasteiger partial charge in [0.1, 0.15) is 18.3 Å². The number of nitrogens with one attached hydrogen (secondary N) is 3. The first kappa shape index (κ1) is 19.9. The fourth-order valence-corrected chi connectivity index (χ4v) is 3.12. The molecule has 2 aliphatic heterocycles. The van der Waals surface area contributed by atoms with Gasteiger partial charge in [0.15, 0.2) is 0 Å². The molecule has 2 rings (SSSR count). The van der Waals surface area contributed by atoms with Crippen LogP contribution >= 0.6 is 0 Å². The topological polar surface area (TPSA) is 118 Å². The van der Waals surface area contributed by atoms with Crippen molar-refractivity contribution in [2.45, 2.75) is 63.3 Å². The number of aliphatic hydroxyl groups excluding tert-OH is 1. The van der Waals surface area contributed by atoms with Gasteiger partial charge in [0, 0.05) is 32.7 Å². The Morgan fingerprint density at radius 2 is 2.04 bits per heavy atom. The highest BCUT2D eigenvalue weighted by Crippen LogP contribution is 2.35. The molecule has 0 aromatic heterocycles. The van der Waals surface area contributed by atoms with Gasteiger partial charge >= 0.3 is 6.03 Å². The molecule has 0 bridgehead atoms. The van der Waals surface area contributed by atoms with Gasteiger partial charge in [-0.2, -0.15) is 0 Å². The largest absolute Gasteiger partial charge is 0.388 e. The third-order valence-electron chi connectivity index (χ3n) is 4.20. The standard InChI is InChI=1S/C16H29N3O6/c1-9(2)19-13(20)7-10-6-11-15(24-10)14(21)12(25-11)8-18-16(22)17-4-5-23-3/h9-12,14-15,21H,4-8H2,1-3H3,(H,19,20)(H2,17,18,22). The summed E-state index contributed by atoms with van der Waals surface area (Å²) in [5.74, 6) is -0.0691. The van der Waals surface area contributed by atoms with E-state index in [-0.39, 0.29) is 43.2 Å². The maximum absolute atomic E-state index is 11.8. The number of hydrogen-bond donors (Lipinski definition) is 4. The summed E-state index contributed by atoms with van der Waals surface area (Å²) in [5.41, 5.74) is 0. The van der Waals surface area contributed by atoms with E-state index in [0.717, 1.165) is 0 Å². The van der Waals surface area contributed by atoms with Crippen molar-refractivity contribution in [3.63, 3.8) is 0 Å². The Balaban J connectivity index is 1.70. The highest BCUT2D eigenvalue weighted by molar-refractivity contribution is 5.76. The quantitative estimate of drug-likeness (QED) is 0.419. The second-order valence-corrected chi connectivity index (χ2v) is 6.72. The molecule has 2 fully saturated rings. The third kappa shape index (κ3) is 5.81. The molecule has 0 saturated carbocycles. The Labute approximate surface area is 147 Å². The summed E-state index contributed by atoms with van der Waals surface area (Å²) in [6.07, 6.45) is -1.50. The number of amides is 3. The SMILES string of the molecule is COCCNC(=O)NCC1OC2CC(CC(=O)NC(C)C)OC2C1O. The number of carbonyl (C=O) groups is 2. The van der Waals surface area contributed by atoms with E-state index in [2.05, 4.69) is 16.0 Å². The lowest BCUT2D eigenvalue weighted by Gasteiger charge is -2.20. The van der Waals surface area contributed by atoms with E-state index in [4.69, 9.17) is 14.2 Å². The summed E-state index contributed by atoms with van der Waals surface area (Å²) in [7, 11) is 1.56. The van der Waals surface area contributed by atoms with E-state index in [1.165, 1.54) is 0 Å². The Hall–Kier alpha value is -1.42. The normalized spacial score (nSPS) is 31.0. The molecule has 0 spiro atoms. The number of methoxy groups -OCH3 is 1. The third-order valence-corrected chi connectivity index (χ3v) is 4.20. The zero-order valence-electron chi connectivity index (χ0n) is 15.0. The highest BCUT2D eigenvalue weighted by atomic mass is 16.6. The Bertz CT molecular complexity index is 461. The van der Waals surface area contributed by atoms with Gasteiger partial charge in [-0.05, 0) is 13.8 Å². The molecule has 0 aromatic rings. The summed E-state index contributed by atoms with van der Waals surface area (Å²) in [4.78, 5) is 23.4. The van der Waals surface area contributed by atoms with Crippen molar-refractivity contribution in [3.05, 3.63) is 0 Å². The Kier molecular flexibility index (Phi) is 7.42. The van der Waals surface area contributed by atoms with Crippen LogP contribution in [0.1, 0.15) is 26.7 Å². The van der Waals surface area contributed by atoms with Gasteiger partial charge in [0.05, 0.1) is 25.2 Å². The predicted octanol–water partition coefficient (Wildman–Crippen LogP) is -0.867. The van der Waals surface area contributed by atoms with Crippen LogP contribution in [0.2, 0.25) is 0 Å². The number of ether oxygens (including phenoxy) is 3. The van der Waals surface area contributed by atoms with Crippen LogP contribution in [-0.2, 0) is 19.0 Å². The van der Waals surface area contributed by atoms with Crippen molar-refractivity contribution in [1.82, 2.24) is 16.0 Å². The van der Waals surface area contributed by atoms with Crippen LogP contribution < -0.4 is 16.0 Å². The minimum absolute atomic E-state index is 0.0691. The number of rotatable bonds is 8. The Morgan fingerprint density at radius 3 is 2.68 bits per heavy atom. The number of urea groups is 1. The molecule has 9 nitrogen and oxygen atoms in total. The molecule has 0 aliphatic carbocycles. The van der Waals surface area contributed by atoms with E-state index >= 15 is 0 Å². The van der Waals surface area contributed by atoms with Crippen molar-refractivity contribution < 1.29 is 28.9 Å². The van der Waals surface area contributed by atoms with Crippen molar-refractivity contribution in [3.8, 4) is 0 Å². The van der Waals surface area contributed by atoms with Crippen molar-refractivity contribution in [2.75, 3.05) is 26.8 Å². The van der Waals surface area contributed by atoms with Crippen molar-refractivity contribution in [1.29, 1.82) is 0 Å². The summed E-state index contributed by atoms with van der Waals surface area (Å²) in [6, 6.07) is -0.255. The fraction of sp³-hybridized carbons (Fsp3) is 0.875. The summed E-state index contributed by atoms with van der Waals surface area (Å²) < 4.78 is 16.4. The molecule has 25 heavy (non-hydrogen) atoms. The molecule has 0 aromatic carbocycles. The predicted molar refractivity (Wildman–Crippen MR) is 89.1 cm³/mol. The van der Waals surface area contributed by atoms with E-state index in [0.29, 0.717) is 19.6 Å². The lowest BCUT2D eigenvalue weighted by molar-refractivity contribution is -0.125. The van der Waals surface area contributed by atoms with Crippen LogP contribution in [0, 0.1) is 0 Å². The van der Waals surface area contributed by atoms with Gasteiger partial charge in [0.25, 0.3) is 0 Å². The lowest BCUT2D eigenvalue weighted by atomic mass is 10.1. The van der Waals surface area contributed by atoms with Gasteiger partial charge in [-0.1, -0.05) is 0 Å². The second kappa shape index (κ2) is 9.33. The van der Waals surface area contributed by atoms with Gasteiger partial charge in [-0.25, -0.2) is 4.79 Å². The molecular formula is C16H29N3O6. The lowest BCUT2D eigenvalue weighted by Crippen LogP contribution is -2.44. The van der Waals surface area contributed by atoms with Crippen LogP contribution in [0.25, 0.3) is 0 Å². The highest BCUT2D eigenvalue weighted by Gasteiger charge is 2.50. The number of fused-ring (bicyclic) bond motifs is 1. The van der Waals surface area contributed by atoms with Gasteiger partial charge in [-0.3, -0.25) is 4.79 Å². The fourth-order valence-electron chi connectivity index (χ4n) is 3.12. The zero-order chi connectivity index (χ0) is 18.4. The first-order valence-electron chi connectivity index (χ1n) is 8.69. The van der Waals surface area contributed by atoms with E-state index in [1.807, 2.05) is 13.8 Å².